The molecule has 3 fully saturated rings. The molecule has 1 amide bonds. The van der Waals surface area contributed by atoms with Gasteiger partial charge in [0.25, 0.3) is 0 Å². The smallest absolute Gasteiger partial charge is 0.220 e. The number of hydrogen-bond donors (Lipinski definition) is 12. The van der Waals surface area contributed by atoms with Crippen molar-refractivity contribution < 1.29 is 89.4 Å². The lowest BCUT2D eigenvalue weighted by molar-refractivity contribution is -0.379. The van der Waals surface area contributed by atoms with Crippen LogP contribution in [-0.4, -0.2) is 193 Å². The maximum atomic E-state index is 13.3. The van der Waals surface area contributed by atoms with Gasteiger partial charge in [-0.3, -0.25) is 4.79 Å². The summed E-state index contributed by atoms with van der Waals surface area (Å²) in [5, 5.41) is 120. The van der Waals surface area contributed by atoms with Gasteiger partial charge in [-0.1, -0.05) is 199 Å². The highest BCUT2D eigenvalue weighted by molar-refractivity contribution is 5.76. The number of amides is 1. The van der Waals surface area contributed by atoms with E-state index in [2.05, 4.69) is 31.3 Å². The molecule has 0 spiro atoms. The molecule has 17 atom stereocenters. The van der Waals surface area contributed by atoms with Crippen LogP contribution in [0.15, 0.2) is 12.2 Å². The van der Waals surface area contributed by atoms with Crippen molar-refractivity contribution in [1.82, 2.24) is 5.32 Å². The van der Waals surface area contributed by atoms with Crippen molar-refractivity contribution in [3.8, 4) is 0 Å². The van der Waals surface area contributed by atoms with Gasteiger partial charge in [0, 0.05) is 6.42 Å². The Morgan fingerprint density at radius 1 is 0.443 bits per heavy atom. The molecule has 0 aromatic heterocycles. The molecule has 466 valence electrons. The molecular weight excluding hydrogens is 1020 g/mol. The maximum Gasteiger partial charge on any atom is 0.220 e. The molecule has 19 heteroatoms. The van der Waals surface area contributed by atoms with Gasteiger partial charge in [0.15, 0.2) is 18.9 Å². The summed E-state index contributed by atoms with van der Waals surface area (Å²) in [4.78, 5) is 13.3. The Kier molecular flexibility index (Phi) is 40.1. The van der Waals surface area contributed by atoms with Gasteiger partial charge in [-0.2, -0.15) is 0 Å². The number of aliphatic hydroxyl groups excluding tert-OH is 11. The number of carbonyl (C=O) groups is 1. The summed E-state index contributed by atoms with van der Waals surface area (Å²) in [5.74, 6) is -0.244. The summed E-state index contributed by atoms with van der Waals surface area (Å²) < 4.78 is 34.2. The van der Waals surface area contributed by atoms with E-state index < -0.39 is 124 Å². The first kappa shape index (κ1) is 71.8. The Morgan fingerprint density at radius 3 is 1.23 bits per heavy atom. The van der Waals surface area contributed by atoms with Crippen LogP contribution in [0.4, 0.5) is 0 Å². The number of allylic oxidation sites excluding steroid dienone is 2. The third-order valence-corrected chi connectivity index (χ3v) is 16.1. The molecule has 79 heavy (non-hydrogen) atoms. The Morgan fingerprint density at radius 2 is 0.797 bits per heavy atom. The molecule has 0 aromatic rings. The minimum Gasteiger partial charge on any atom is -0.394 e. The van der Waals surface area contributed by atoms with E-state index >= 15 is 0 Å². The van der Waals surface area contributed by atoms with Crippen LogP contribution >= 0.6 is 0 Å². The number of aliphatic hydroxyl groups is 11. The number of ether oxygens (including phenoxy) is 6. The monoisotopic (exact) mass is 1140 g/mol. The molecule has 0 aromatic carbocycles. The first-order valence-electron chi connectivity index (χ1n) is 31.4. The van der Waals surface area contributed by atoms with Crippen LogP contribution < -0.4 is 5.32 Å². The standard InChI is InChI=1S/C60H113NO18/c1-3-5-7-9-11-12-13-14-15-16-17-18-19-20-21-22-23-24-25-26-27-28-29-30-32-34-36-38-48(66)61-43(44(65)37-35-33-31-10-8-6-4-2)42-74-58-54(72)51(69)56(46(40-63)76-58)79-60-55(73)52(70)57(47(41-64)77-60)78-59-53(71)50(68)49(67)45(39-62)75-59/h16-17,43-47,49-60,62-65,67-73H,3-15,18-42H2,1-2H3,(H,61,66)/b17-16-. The first-order valence-corrected chi connectivity index (χ1v) is 31.4. The van der Waals surface area contributed by atoms with Crippen molar-refractivity contribution >= 4 is 5.91 Å². The van der Waals surface area contributed by atoms with Gasteiger partial charge in [-0.05, 0) is 38.5 Å². The van der Waals surface area contributed by atoms with Gasteiger partial charge in [-0.15, -0.1) is 0 Å². The molecule has 0 aliphatic carbocycles. The Hall–Kier alpha value is -1.47. The lowest BCUT2D eigenvalue weighted by Crippen LogP contribution is -2.66. The van der Waals surface area contributed by atoms with E-state index in [4.69, 9.17) is 28.4 Å². The molecule has 3 aliphatic heterocycles. The van der Waals surface area contributed by atoms with Crippen LogP contribution in [0, 0.1) is 0 Å². The lowest BCUT2D eigenvalue weighted by atomic mass is 9.96. The fraction of sp³-hybridized carbons (Fsp3) is 0.950. The summed E-state index contributed by atoms with van der Waals surface area (Å²) in [6.07, 6.45) is 17.9. The van der Waals surface area contributed by atoms with Gasteiger partial charge >= 0.3 is 0 Å². The van der Waals surface area contributed by atoms with Crippen molar-refractivity contribution in [3.63, 3.8) is 0 Å². The van der Waals surface area contributed by atoms with Crippen molar-refractivity contribution in [1.29, 1.82) is 0 Å². The van der Waals surface area contributed by atoms with E-state index in [0.29, 0.717) is 12.8 Å². The topological polar surface area (TPSA) is 307 Å². The minimum atomic E-state index is -1.97. The molecule has 3 rings (SSSR count). The predicted molar refractivity (Wildman–Crippen MR) is 300 cm³/mol. The Balaban J connectivity index is 1.36. The highest BCUT2D eigenvalue weighted by atomic mass is 16.8. The SMILES string of the molecule is CCCCCCCCCC/C=C\CCCCCCCCCCCCCCCCCC(=O)NC(COC1OC(CO)C(OC2OC(CO)C(OC3OC(CO)C(O)C(O)C3O)C(O)C2O)C(O)C1O)C(O)CCCCCCCCC. The number of hydrogen-bond acceptors (Lipinski definition) is 18. The van der Waals surface area contributed by atoms with Crippen molar-refractivity contribution in [3.05, 3.63) is 12.2 Å². The summed E-state index contributed by atoms with van der Waals surface area (Å²) >= 11 is 0. The summed E-state index contributed by atoms with van der Waals surface area (Å²) in [6.45, 7) is 1.74. The highest BCUT2D eigenvalue weighted by Crippen LogP contribution is 2.33. The number of nitrogens with one attached hydrogen (secondary N) is 1. The maximum absolute atomic E-state index is 13.3. The van der Waals surface area contributed by atoms with Crippen molar-refractivity contribution in [2.75, 3.05) is 26.4 Å². The average Bonchev–Trinajstić information content (AvgIpc) is 3.47. The largest absolute Gasteiger partial charge is 0.394 e. The van der Waals surface area contributed by atoms with E-state index in [1.165, 1.54) is 141 Å². The van der Waals surface area contributed by atoms with Crippen LogP contribution in [0.3, 0.4) is 0 Å². The summed E-state index contributed by atoms with van der Waals surface area (Å²) in [7, 11) is 0. The number of carbonyl (C=O) groups excluding carboxylic acids is 1. The van der Waals surface area contributed by atoms with Gasteiger partial charge in [0.05, 0.1) is 38.6 Å². The van der Waals surface area contributed by atoms with Crippen LogP contribution in [-0.2, 0) is 33.2 Å². The second-order valence-electron chi connectivity index (χ2n) is 22.9. The first-order chi connectivity index (χ1) is 38.3. The zero-order chi connectivity index (χ0) is 57.6. The van der Waals surface area contributed by atoms with E-state index in [1.807, 2.05) is 0 Å². The predicted octanol–water partition coefficient (Wildman–Crippen LogP) is 6.16. The van der Waals surface area contributed by atoms with E-state index in [-0.39, 0.29) is 18.9 Å². The molecule has 17 unspecified atom stereocenters. The number of unbranched alkanes of at least 4 members (excludes halogenated alkanes) is 29. The lowest BCUT2D eigenvalue weighted by Gasteiger charge is -2.48. The third-order valence-electron chi connectivity index (χ3n) is 16.1. The fourth-order valence-electron chi connectivity index (χ4n) is 10.9. The molecule has 0 bridgehead atoms. The third kappa shape index (κ3) is 27.9. The Labute approximate surface area is 474 Å². The summed E-state index contributed by atoms with van der Waals surface area (Å²) in [5.41, 5.74) is 0. The molecule has 19 nitrogen and oxygen atoms in total. The zero-order valence-electron chi connectivity index (χ0n) is 48.6. The zero-order valence-corrected chi connectivity index (χ0v) is 48.6. The van der Waals surface area contributed by atoms with Crippen LogP contribution in [0.1, 0.15) is 232 Å². The molecule has 0 radical (unpaired) electrons. The van der Waals surface area contributed by atoms with E-state index in [1.54, 1.807) is 0 Å². The minimum absolute atomic E-state index is 0.244. The van der Waals surface area contributed by atoms with Crippen LogP contribution in [0.5, 0.6) is 0 Å². The molecule has 3 aliphatic rings. The fourth-order valence-corrected chi connectivity index (χ4v) is 10.9. The molecule has 12 N–H and O–H groups in total. The van der Waals surface area contributed by atoms with Crippen LogP contribution in [0.2, 0.25) is 0 Å². The van der Waals surface area contributed by atoms with Gasteiger partial charge < -0.3 is 89.9 Å². The molecular formula is C60H113NO18. The van der Waals surface area contributed by atoms with Crippen molar-refractivity contribution in [2.24, 2.45) is 0 Å². The van der Waals surface area contributed by atoms with Gasteiger partial charge in [-0.25, -0.2) is 0 Å². The highest BCUT2D eigenvalue weighted by Gasteiger charge is 2.53. The Bertz CT molecular complexity index is 1500. The van der Waals surface area contributed by atoms with Crippen LogP contribution in [0.25, 0.3) is 0 Å². The van der Waals surface area contributed by atoms with Crippen molar-refractivity contribution in [2.45, 2.75) is 336 Å². The quantitative estimate of drug-likeness (QED) is 0.0240. The molecule has 0 saturated carbocycles. The van der Waals surface area contributed by atoms with Gasteiger partial charge in [0.2, 0.25) is 5.91 Å². The second kappa shape index (κ2) is 44.1. The van der Waals surface area contributed by atoms with Gasteiger partial charge in [0.1, 0.15) is 73.2 Å². The average molecular weight is 1140 g/mol. The van der Waals surface area contributed by atoms with E-state index in [9.17, 15) is 61.0 Å². The molecule has 3 saturated heterocycles. The second-order valence-corrected chi connectivity index (χ2v) is 22.9. The normalized spacial score (nSPS) is 30.3. The molecule has 3 heterocycles. The summed E-state index contributed by atoms with van der Waals surface area (Å²) in [6, 6.07) is -0.880. The van der Waals surface area contributed by atoms with E-state index in [0.717, 1.165) is 57.8 Å². The number of rotatable bonds is 47.